The highest BCUT2D eigenvalue weighted by atomic mass is 19.4. The van der Waals surface area contributed by atoms with Gasteiger partial charge < -0.3 is 15.2 Å². The Bertz CT molecular complexity index is 496. The standard InChI is InChI=1S/C13H19F3N4O/c1-9(10-2-3-10)20(7-13(14,15)16)12(21)11-6-19(5-4-17)8-18-11/h6,8-10H,2-5,7,17H2,1H3. The molecule has 1 aromatic rings. The molecule has 5 nitrogen and oxygen atoms in total. The van der Waals surface area contributed by atoms with Crippen LogP contribution in [0.25, 0.3) is 0 Å². The molecule has 0 saturated heterocycles. The van der Waals surface area contributed by atoms with E-state index in [1.807, 2.05) is 0 Å². The van der Waals surface area contributed by atoms with E-state index in [9.17, 15) is 18.0 Å². The SMILES string of the molecule is CC(C1CC1)N(CC(F)(F)F)C(=O)c1cn(CCN)cn1. The lowest BCUT2D eigenvalue weighted by atomic mass is 10.1. The lowest BCUT2D eigenvalue weighted by molar-refractivity contribution is -0.144. The van der Waals surface area contributed by atoms with Crippen LogP contribution in [-0.2, 0) is 6.54 Å². The van der Waals surface area contributed by atoms with Gasteiger partial charge in [-0.2, -0.15) is 13.2 Å². The van der Waals surface area contributed by atoms with Gasteiger partial charge in [0.1, 0.15) is 12.2 Å². The van der Waals surface area contributed by atoms with Crippen molar-refractivity contribution >= 4 is 5.91 Å². The maximum absolute atomic E-state index is 12.7. The van der Waals surface area contributed by atoms with Crippen molar-refractivity contribution < 1.29 is 18.0 Å². The number of halogens is 3. The molecule has 1 unspecified atom stereocenters. The summed E-state index contributed by atoms with van der Waals surface area (Å²) < 4.78 is 39.7. The van der Waals surface area contributed by atoms with Gasteiger partial charge in [-0.05, 0) is 25.7 Å². The van der Waals surface area contributed by atoms with Crippen molar-refractivity contribution in [2.24, 2.45) is 11.7 Å². The van der Waals surface area contributed by atoms with E-state index in [0.29, 0.717) is 13.1 Å². The zero-order valence-corrected chi connectivity index (χ0v) is 11.8. The molecule has 1 amide bonds. The summed E-state index contributed by atoms with van der Waals surface area (Å²) >= 11 is 0. The molecule has 1 aliphatic rings. The summed E-state index contributed by atoms with van der Waals surface area (Å²) in [6.45, 7) is 1.26. The van der Waals surface area contributed by atoms with Gasteiger partial charge in [0.25, 0.3) is 5.91 Å². The van der Waals surface area contributed by atoms with Crippen LogP contribution in [-0.4, -0.2) is 45.7 Å². The highest BCUT2D eigenvalue weighted by Gasteiger charge is 2.41. The van der Waals surface area contributed by atoms with E-state index in [1.54, 1.807) is 11.5 Å². The minimum absolute atomic E-state index is 0.0280. The molecule has 0 aromatic carbocycles. The molecule has 1 heterocycles. The number of carbonyl (C=O) groups excluding carboxylic acids is 1. The predicted octanol–water partition coefficient (Wildman–Crippen LogP) is 1.64. The monoisotopic (exact) mass is 304 g/mol. The fraction of sp³-hybridized carbons (Fsp3) is 0.692. The molecule has 1 aliphatic carbocycles. The minimum Gasteiger partial charge on any atom is -0.335 e. The van der Waals surface area contributed by atoms with E-state index in [4.69, 9.17) is 5.73 Å². The fourth-order valence-electron chi connectivity index (χ4n) is 2.32. The molecule has 8 heteroatoms. The van der Waals surface area contributed by atoms with Gasteiger partial charge in [0.05, 0.1) is 6.33 Å². The molecular weight excluding hydrogens is 285 g/mol. The van der Waals surface area contributed by atoms with Crippen LogP contribution in [0.3, 0.4) is 0 Å². The summed E-state index contributed by atoms with van der Waals surface area (Å²) in [5, 5.41) is 0. The van der Waals surface area contributed by atoms with Crippen LogP contribution in [0.15, 0.2) is 12.5 Å². The smallest absolute Gasteiger partial charge is 0.335 e. The van der Waals surface area contributed by atoms with E-state index in [1.165, 1.54) is 12.5 Å². The summed E-state index contributed by atoms with van der Waals surface area (Å²) in [5.41, 5.74) is 5.42. The molecule has 2 N–H and O–H groups in total. The maximum atomic E-state index is 12.7. The number of carbonyl (C=O) groups is 1. The Morgan fingerprint density at radius 1 is 1.57 bits per heavy atom. The molecule has 2 rings (SSSR count). The molecule has 118 valence electrons. The minimum atomic E-state index is -4.42. The number of hydrogen-bond acceptors (Lipinski definition) is 3. The average Bonchev–Trinajstić information content (AvgIpc) is 3.14. The summed E-state index contributed by atoms with van der Waals surface area (Å²) in [6, 6.07) is -0.432. The van der Waals surface area contributed by atoms with Crippen LogP contribution >= 0.6 is 0 Å². The lowest BCUT2D eigenvalue weighted by Gasteiger charge is -2.29. The van der Waals surface area contributed by atoms with E-state index < -0.39 is 24.7 Å². The highest BCUT2D eigenvalue weighted by Crippen LogP contribution is 2.36. The number of nitrogens with two attached hydrogens (primary N) is 1. The highest BCUT2D eigenvalue weighted by molar-refractivity contribution is 5.92. The van der Waals surface area contributed by atoms with Crippen molar-refractivity contribution in [1.82, 2.24) is 14.5 Å². The molecule has 1 fully saturated rings. The molecule has 0 aliphatic heterocycles. The third-order valence-electron chi connectivity index (χ3n) is 3.65. The zero-order chi connectivity index (χ0) is 15.6. The second kappa shape index (κ2) is 6.05. The van der Waals surface area contributed by atoms with E-state index in [2.05, 4.69) is 4.98 Å². The normalized spacial score (nSPS) is 16.8. The molecule has 0 radical (unpaired) electrons. The van der Waals surface area contributed by atoms with Crippen molar-refractivity contribution in [3.8, 4) is 0 Å². The molecule has 21 heavy (non-hydrogen) atoms. The Balaban J connectivity index is 2.15. The molecular formula is C13H19F3N4O. The van der Waals surface area contributed by atoms with Crippen LogP contribution in [0.2, 0.25) is 0 Å². The Labute approximate surface area is 120 Å². The van der Waals surface area contributed by atoms with E-state index in [-0.39, 0.29) is 11.6 Å². The zero-order valence-electron chi connectivity index (χ0n) is 11.8. The van der Waals surface area contributed by atoms with Gasteiger partial charge in [-0.15, -0.1) is 0 Å². The first-order valence-electron chi connectivity index (χ1n) is 6.91. The largest absolute Gasteiger partial charge is 0.406 e. The number of rotatable bonds is 6. The third kappa shape index (κ3) is 4.20. The number of nitrogens with zero attached hydrogens (tertiary/aromatic N) is 3. The molecule has 1 aromatic heterocycles. The first kappa shape index (κ1) is 15.8. The van der Waals surface area contributed by atoms with Gasteiger partial charge in [-0.25, -0.2) is 4.98 Å². The number of imidazole rings is 1. The Hall–Kier alpha value is -1.57. The van der Waals surface area contributed by atoms with Crippen LogP contribution in [0.5, 0.6) is 0 Å². The van der Waals surface area contributed by atoms with Crippen LogP contribution in [0.1, 0.15) is 30.3 Å². The number of amides is 1. The van der Waals surface area contributed by atoms with E-state index in [0.717, 1.165) is 17.7 Å². The maximum Gasteiger partial charge on any atom is 0.406 e. The summed E-state index contributed by atoms with van der Waals surface area (Å²) in [7, 11) is 0. The molecule has 1 saturated carbocycles. The van der Waals surface area contributed by atoms with Gasteiger partial charge in [-0.1, -0.05) is 0 Å². The average molecular weight is 304 g/mol. The molecule has 0 spiro atoms. The van der Waals surface area contributed by atoms with Crippen molar-refractivity contribution in [1.29, 1.82) is 0 Å². The summed E-state index contributed by atoms with van der Waals surface area (Å²) in [5.74, 6) is -0.523. The van der Waals surface area contributed by atoms with Gasteiger partial charge in [0, 0.05) is 25.3 Å². The first-order valence-corrected chi connectivity index (χ1v) is 6.91. The van der Waals surface area contributed by atoms with E-state index >= 15 is 0 Å². The second-order valence-corrected chi connectivity index (χ2v) is 5.41. The van der Waals surface area contributed by atoms with Crippen molar-refractivity contribution in [3.63, 3.8) is 0 Å². The van der Waals surface area contributed by atoms with Gasteiger partial charge in [0.2, 0.25) is 0 Å². The lowest BCUT2D eigenvalue weighted by Crippen LogP contribution is -2.45. The van der Waals surface area contributed by atoms with Crippen LogP contribution in [0, 0.1) is 5.92 Å². The van der Waals surface area contributed by atoms with Crippen LogP contribution in [0.4, 0.5) is 13.2 Å². The van der Waals surface area contributed by atoms with Gasteiger partial charge in [-0.3, -0.25) is 4.79 Å². The Kier molecular flexibility index (Phi) is 4.55. The van der Waals surface area contributed by atoms with Crippen molar-refractivity contribution in [2.45, 2.75) is 38.5 Å². The summed E-state index contributed by atoms with van der Waals surface area (Å²) in [6.07, 6.45) is 0.166. The summed E-state index contributed by atoms with van der Waals surface area (Å²) in [4.78, 5) is 17.1. The second-order valence-electron chi connectivity index (χ2n) is 5.41. The quantitative estimate of drug-likeness (QED) is 0.869. The number of aromatic nitrogens is 2. The van der Waals surface area contributed by atoms with Gasteiger partial charge >= 0.3 is 6.18 Å². The van der Waals surface area contributed by atoms with Crippen LogP contribution < -0.4 is 5.73 Å². The van der Waals surface area contributed by atoms with Crippen molar-refractivity contribution in [3.05, 3.63) is 18.2 Å². The predicted molar refractivity (Wildman–Crippen MR) is 70.6 cm³/mol. The molecule has 0 bridgehead atoms. The third-order valence-corrected chi connectivity index (χ3v) is 3.65. The number of alkyl halides is 3. The number of hydrogen-bond donors (Lipinski definition) is 1. The topological polar surface area (TPSA) is 64.2 Å². The van der Waals surface area contributed by atoms with Crippen molar-refractivity contribution in [2.75, 3.05) is 13.1 Å². The first-order chi connectivity index (χ1) is 9.81. The molecule has 1 atom stereocenters. The van der Waals surface area contributed by atoms with Gasteiger partial charge in [0.15, 0.2) is 0 Å². The fourth-order valence-corrected chi connectivity index (χ4v) is 2.32. The Morgan fingerprint density at radius 3 is 2.76 bits per heavy atom. The Morgan fingerprint density at radius 2 is 2.24 bits per heavy atom.